The summed E-state index contributed by atoms with van der Waals surface area (Å²) >= 11 is 0. The fourth-order valence-electron chi connectivity index (χ4n) is 3.68. The Morgan fingerprint density at radius 3 is 2.60 bits per heavy atom. The number of aryl methyl sites for hydroxylation is 2. The zero-order valence-corrected chi connectivity index (χ0v) is 17.1. The average Bonchev–Trinajstić information content (AvgIpc) is 2.76. The van der Waals surface area contributed by atoms with Crippen molar-refractivity contribution < 1.29 is 9.18 Å². The molecule has 1 N–H and O–H groups in total. The minimum Gasteiger partial charge on any atom is -0.355 e. The van der Waals surface area contributed by atoms with Crippen LogP contribution in [0.5, 0.6) is 0 Å². The van der Waals surface area contributed by atoms with Crippen molar-refractivity contribution in [3.63, 3.8) is 0 Å². The predicted octanol–water partition coefficient (Wildman–Crippen LogP) is 3.69. The molecule has 0 spiro atoms. The Labute approximate surface area is 175 Å². The highest BCUT2D eigenvalue weighted by Crippen LogP contribution is 2.21. The number of benzene rings is 1. The molecule has 1 aliphatic rings. The van der Waals surface area contributed by atoms with E-state index in [9.17, 15) is 9.18 Å². The Bertz CT molecular complexity index is 1050. The monoisotopic (exact) mass is 405 g/mol. The third kappa shape index (κ3) is 4.45. The number of anilines is 1. The summed E-state index contributed by atoms with van der Waals surface area (Å²) in [6, 6.07) is 9.83. The summed E-state index contributed by atoms with van der Waals surface area (Å²) in [6.07, 6.45) is 5.00. The molecule has 0 bridgehead atoms. The molecule has 2 aromatic heterocycles. The molecular weight excluding hydrogens is 381 g/mol. The molecular formula is C23H24FN5O. The summed E-state index contributed by atoms with van der Waals surface area (Å²) in [5, 5.41) is 3.10. The summed E-state index contributed by atoms with van der Waals surface area (Å²) in [5.41, 5.74) is 3.64. The van der Waals surface area contributed by atoms with Gasteiger partial charge < -0.3 is 10.2 Å². The highest BCUT2D eigenvalue weighted by atomic mass is 19.1. The first kappa shape index (κ1) is 19.9. The summed E-state index contributed by atoms with van der Waals surface area (Å²) in [6.45, 7) is 5.55. The second kappa shape index (κ2) is 8.57. The first-order valence-electron chi connectivity index (χ1n) is 10.1. The number of hydrogen-bond donors (Lipinski definition) is 1. The molecule has 3 heterocycles. The van der Waals surface area contributed by atoms with Crippen molar-refractivity contribution >= 4 is 11.7 Å². The van der Waals surface area contributed by atoms with Crippen LogP contribution in [0.4, 0.5) is 10.2 Å². The van der Waals surface area contributed by atoms with Crippen LogP contribution in [0.25, 0.3) is 11.3 Å². The van der Waals surface area contributed by atoms with Crippen molar-refractivity contribution in [1.82, 2.24) is 20.3 Å². The average molecular weight is 405 g/mol. The predicted molar refractivity (Wildman–Crippen MR) is 114 cm³/mol. The van der Waals surface area contributed by atoms with Gasteiger partial charge in [0.2, 0.25) is 0 Å². The van der Waals surface area contributed by atoms with Gasteiger partial charge in [-0.15, -0.1) is 0 Å². The van der Waals surface area contributed by atoms with Gasteiger partial charge in [0.05, 0.1) is 22.6 Å². The van der Waals surface area contributed by atoms with Crippen LogP contribution in [0.1, 0.15) is 34.6 Å². The first-order chi connectivity index (χ1) is 14.5. The van der Waals surface area contributed by atoms with Crippen LogP contribution < -0.4 is 10.2 Å². The van der Waals surface area contributed by atoms with Crippen LogP contribution in [-0.2, 0) is 0 Å². The van der Waals surface area contributed by atoms with Crippen LogP contribution in [0.15, 0.2) is 48.8 Å². The third-order valence-corrected chi connectivity index (χ3v) is 5.33. The Morgan fingerprint density at radius 2 is 1.90 bits per heavy atom. The molecule has 0 atom stereocenters. The molecule has 1 aromatic carbocycles. The van der Waals surface area contributed by atoms with E-state index < -0.39 is 0 Å². The molecule has 7 heteroatoms. The van der Waals surface area contributed by atoms with E-state index in [1.807, 2.05) is 13.8 Å². The molecule has 1 aliphatic heterocycles. The van der Waals surface area contributed by atoms with Gasteiger partial charge in [0.25, 0.3) is 5.91 Å². The van der Waals surface area contributed by atoms with Crippen LogP contribution >= 0.6 is 0 Å². The first-order valence-corrected chi connectivity index (χ1v) is 10.1. The van der Waals surface area contributed by atoms with Crippen LogP contribution in [0.3, 0.4) is 0 Å². The number of piperidine rings is 1. The molecule has 3 aromatic rings. The van der Waals surface area contributed by atoms with E-state index in [2.05, 4.69) is 25.2 Å². The van der Waals surface area contributed by atoms with E-state index >= 15 is 0 Å². The summed E-state index contributed by atoms with van der Waals surface area (Å²) < 4.78 is 13.4. The molecule has 0 unspecified atom stereocenters. The van der Waals surface area contributed by atoms with E-state index in [0.717, 1.165) is 43.1 Å². The fourth-order valence-corrected chi connectivity index (χ4v) is 3.68. The molecule has 4 rings (SSSR count). The standard InChI is InChI=1S/C23H24FN5O/c1-15-13-25-16(2)22(27-15)29-10-8-20(9-11-29)28-23(30)18-6-7-21(26-14-18)17-4-3-5-19(24)12-17/h3-7,12-14,20H,8-11H2,1-2H3,(H,28,30). The second-order valence-electron chi connectivity index (χ2n) is 7.60. The lowest BCUT2D eigenvalue weighted by Gasteiger charge is -2.33. The number of carbonyl (C=O) groups is 1. The number of halogens is 1. The number of nitrogens with one attached hydrogen (secondary N) is 1. The third-order valence-electron chi connectivity index (χ3n) is 5.33. The molecule has 154 valence electrons. The van der Waals surface area contributed by atoms with Crippen molar-refractivity contribution in [2.24, 2.45) is 0 Å². The Hall–Kier alpha value is -3.35. The molecule has 1 fully saturated rings. The molecule has 6 nitrogen and oxygen atoms in total. The van der Waals surface area contributed by atoms with Gasteiger partial charge >= 0.3 is 0 Å². The van der Waals surface area contributed by atoms with E-state index in [-0.39, 0.29) is 17.8 Å². The van der Waals surface area contributed by atoms with Crippen molar-refractivity contribution in [2.45, 2.75) is 32.7 Å². The number of rotatable bonds is 4. The van der Waals surface area contributed by atoms with Gasteiger partial charge in [0.15, 0.2) is 0 Å². The highest BCUT2D eigenvalue weighted by molar-refractivity contribution is 5.94. The van der Waals surface area contributed by atoms with Crippen LogP contribution in [-0.4, -0.2) is 40.0 Å². The number of aromatic nitrogens is 3. The zero-order chi connectivity index (χ0) is 21.1. The van der Waals surface area contributed by atoms with E-state index in [1.54, 1.807) is 30.5 Å². The topological polar surface area (TPSA) is 71.0 Å². The maximum atomic E-state index is 13.4. The SMILES string of the molecule is Cc1cnc(C)c(N2CCC(NC(=O)c3ccc(-c4cccc(F)c4)nc3)CC2)n1. The number of pyridine rings is 1. The van der Waals surface area contributed by atoms with Gasteiger partial charge in [-0.1, -0.05) is 12.1 Å². The number of nitrogens with zero attached hydrogens (tertiary/aromatic N) is 4. The van der Waals surface area contributed by atoms with Crippen molar-refractivity contribution in [1.29, 1.82) is 0 Å². The van der Waals surface area contributed by atoms with Gasteiger partial charge in [-0.3, -0.25) is 14.8 Å². The number of hydrogen-bond acceptors (Lipinski definition) is 5. The van der Waals surface area contributed by atoms with E-state index in [0.29, 0.717) is 16.8 Å². The van der Waals surface area contributed by atoms with E-state index in [4.69, 9.17) is 0 Å². The van der Waals surface area contributed by atoms with Crippen LogP contribution in [0, 0.1) is 19.7 Å². The molecule has 0 radical (unpaired) electrons. The largest absolute Gasteiger partial charge is 0.355 e. The Kier molecular flexibility index (Phi) is 5.70. The second-order valence-corrected chi connectivity index (χ2v) is 7.60. The lowest BCUT2D eigenvalue weighted by molar-refractivity contribution is 0.0930. The van der Waals surface area contributed by atoms with Crippen LogP contribution in [0.2, 0.25) is 0 Å². The summed E-state index contributed by atoms with van der Waals surface area (Å²) in [4.78, 5) is 28.2. The molecule has 1 amide bonds. The minimum atomic E-state index is -0.311. The maximum Gasteiger partial charge on any atom is 0.253 e. The molecule has 1 saturated heterocycles. The van der Waals surface area contributed by atoms with Crippen molar-refractivity contribution in [2.75, 3.05) is 18.0 Å². The van der Waals surface area contributed by atoms with Gasteiger partial charge in [-0.25, -0.2) is 9.37 Å². The number of amides is 1. The number of carbonyl (C=O) groups excluding carboxylic acids is 1. The Balaban J connectivity index is 1.35. The van der Waals surface area contributed by atoms with Crippen molar-refractivity contribution in [3.8, 4) is 11.3 Å². The molecule has 0 aliphatic carbocycles. The lowest BCUT2D eigenvalue weighted by Crippen LogP contribution is -2.45. The maximum absolute atomic E-state index is 13.4. The normalized spacial score (nSPS) is 14.6. The highest BCUT2D eigenvalue weighted by Gasteiger charge is 2.23. The quantitative estimate of drug-likeness (QED) is 0.717. The fraction of sp³-hybridized carbons (Fsp3) is 0.304. The zero-order valence-electron chi connectivity index (χ0n) is 17.1. The van der Waals surface area contributed by atoms with Gasteiger partial charge in [0.1, 0.15) is 11.6 Å². The molecule has 0 saturated carbocycles. The summed E-state index contributed by atoms with van der Waals surface area (Å²) in [7, 11) is 0. The van der Waals surface area contributed by atoms with Gasteiger partial charge in [-0.05, 0) is 51.0 Å². The van der Waals surface area contributed by atoms with Gasteiger partial charge in [-0.2, -0.15) is 0 Å². The minimum absolute atomic E-state index is 0.106. The smallest absolute Gasteiger partial charge is 0.253 e. The summed E-state index contributed by atoms with van der Waals surface area (Å²) in [5.74, 6) is 0.476. The van der Waals surface area contributed by atoms with E-state index in [1.165, 1.54) is 18.3 Å². The lowest BCUT2D eigenvalue weighted by atomic mass is 10.0. The molecule has 30 heavy (non-hydrogen) atoms. The van der Waals surface area contributed by atoms with Gasteiger partial charge in [0, 0.05) is 37.1 Å². The Morgan fingerprint density at radius 1 is 1.10 bits per heavy atom. The van der Waals surface area contributed by atoms with Crippen molar-refractivity contribution in [3.05, 3.63) is 71.6 Å².